The lowest BCUT2D eigenvalue weighted by molar-refractivity contribution is -0.135. The highest BCUT2D eigenvalue weighted by Crippen LogP contribution is 2.36. The van der Waals surface area contributed by atoms with Crippen LogP contribution in [-0.2, 0) is 23.9 Å². The maximum absolute atomic E-state index is 14.7. The molecule has 2 aromatic carbocycles. The molecule has 1 saturated carbocycles. The fraction of sp³-hybridized carbons (Fsp3) is 0.603. The molecule has 6 fully saturated rings. The zero-order chi connectivity index (χ0) is 53.7. The Morgan fingerprint density at radius 3 is 2.19 bits per heavy atom. The van der Waals surface area contributed by atoms with Crippen LogP contribution in [0.25, 0.3) is 11.0 Å². The van der Waals surface area contributed by atoms with Crippen LogP contribution in [0.2, 0.25) is 5.02 Å². The van der Waals surface area contributed by atoms with E-state index in [1.54, 1.807) is 20.8 Å². The molecule has 2 atom stereocenters. The summed E-state index contributed by atoms with van der Waals surface area (Å²) >= 11 is 6.34. The number of hydrogen-bond acceptors (Lipinski definition) is 12. The Hall–Kier alpha value is -5.82. The van der Waals surface area contributed by atoms with E-state index in [0.29, 0.717) is 82.6 Å². The summed E-state index contributed by atoms with van der Waals surface area (Å²) in [4.78, 5) is 93.1. The van der Waals surface area contributed by atoms with Crippen LogP contribution in [0, 0.1) is 5.92 Å². The zero-order valence-electron chi connectivity index (χ0n) is 45.2. The minimum atomic E-state index is -1.24. The number of piperidine rings is 4. The number of anilines is 1. The van der Waals surface area contributed by atoms with Crippen molar-refractivity contribution in [1.82, 2.24) is 50.1 Å². The SMILES string of the molecule is CC(C)(C)OC(=O)NC1(C(=O)N[C@@H](CCN2CCN(C(=O)CN3CCC(OC4CCN(C(=O)c5cccc(C6CCCN(C(=O)C7CC7)C6)c5)CC4)CC3)CC2)c2ccc(Cl)cc2)CCN(c2ncnc3[nH]ccc23)CC1. The van der Waals surface area contributed by atoms with E-state index in [0.717, 1.165) is 124 Å². The number of likely N-dealkylation sites (tertiary alicyclic amines) is 3. The number of halogens is 1. The van der Waals surface area contributed by atoms with Gasteiger partial charge in [0.15, 0.2) is 0 Å². The molecule has 0 spiro atoms. The quantitative estimate of drug-likeness (QED) is 0.114. The number of ether oxygens (including phenoxy) is 2. The van der Waals surface area contributed by atoms with Crippen molar-refractivity contribution in [3.63, 3.8) is 0 Å². The number of benzene rings is 2. The van der Waals surface area contributed by atoms with Gasteiger partial charge in [-0.3, -0.25) is 29.0 Å². The van der Waals surface area contributed by atoms with Crippen molar-refractivity contribution in [3.05, 3.63) is 88.8 Å². The van der Waals surface area contributed by atoms with Crippen LogP contribution in [0.1, 0.15) is 125 Å². The molecule has 0 bridgehead atoms. The average Bonchev–Trinajstić information content (AvgIpc) is 4.19. The molecule has 5 amide bonds. The summed E-state index contributed by atoms with van der Waals surface area (Å²) < 4.78 is 12.3. The highest BCUT2D eigenvalue weighted by atomic mass is 35.5. The first-order valence-corrected chi connectivity index (χ1v) is 28.7. The Balaban J connectivity index is 0.661. The van der Waals surface area contributed by atoms with Gasteiger partial charge in [0, 0.05) is 114 Å². The summed E-state index contributed by atoms with van der Waals surface area (Å²) in [6, 6.07) is 17.2. The van der Waals surface area contributed by atoms with Gasteiger partial charge in [0.1, 0.15) is 28.9 Å². The number of rotatable bonds is 15. The number of carbonyl (C=O) groups excluding carboxylic acids is 5. The van der Waals surface area contributed by atoms with Gasteiger partial charge in [0.25, 0.3) is 5.91 Å². The van der Waals surface area contributed by atoms with E-state index in [1.807, 2.05) is 63.4 Å². The Bertz CT molecular complexity index is 2700. The van der Waals surface area contributed by atoms with Crippen LogP contribution in [0.4, 0.5) is 10.6 Å². The van der Waals surface area contributed by atoms with Crippen molar-refractivity contribution in [2.24, 2.45) is 5.92 Å². The third-order valence-corrected chi connectivity index (χ3v) is 17.0. The maximum atomic E-state index is 14.7. The second kappa shape index (κ2) is 24.0. The number of carbonyl (C=O) groups is 5. The van der Waals surface area contributed by atoms with Crippen LogP contribution in [0.3, 0.4) is 0 Å². The number of nitrogens with zero attached hydrogens (tertiary/aromatic N) is 8. The topological polar surface area (TPSA) is 189 Å². The number of alkyl carbamates (subject to hydrolysis) is 1. The number of H-pyrrole nitrogens is 1. The van der Waals surface area contributed by atoms with Gasteiger partial charge in [-0.05, 0) is 133 Å². The second-order valence-corrected chi connectivity index (χ2v) is 23.8. The van der Waals surface area contributed by atoms with Gasteiger partial charge in [0.2, 0.25) is 17.7 Å². The fourth-order valence-corrected chi connectivity index (χ4v) is 12.2. The Morgan fingerprint density at radius 1 is 0.779 bits per heavy atom. The minimum Gasteiger partial charge on any atom is -0.444 e. The predicted octanol–water partition coefficient (Wildman–Crippen LogP) is 6.77. The lowest BCUT2D eigenvalue weighted by Gasteiger charge is -2.42. The molecule has 10 rings (SSSR count). The van der Waals surface area contributed by atoms with Crippen molar-refractivity contribution in [1.29, 1.82) is 0 Å². The molecule has 7 heterocycles. The smallest absolute Gasteiger partial charge is 0.408 e. The van der Waals surface area contributed by atoms with Crippen LogP contribution >= 0.6 is 11.6 Å². The zero-order valence-corrected chi connectivity index (χ0v) is 46.0. The van der Waals surface area contributed by atoms with E-state index < -0.39 is 17.2 Å². The van der Waals surface area contributed by atoms with Crippen molar-refractivity contribution in [2.45, 2.75) is 127 Å². The molecule has 4 aromatic rings. The van der Waals surface area contributed by atoms with E-state index in [4.69, 9.17) is 21.1 Å². The molecule has 2 aromatic heterocycles. The van der Waals surface area contributed by atoms with E-state index in [2.05, 4.69) is 52.4 Å². The monoisotopic (exact) mass is 1080 g/mol. The summed E-state index contributed by atoms with van der Waals surface area (Å²) in [6.45, 7) is 14.7. The number of nitrogens with one attached hydrogen (secondary N) is 3. The highest BCUT2D eigenvalue weighted by molar-refractivity contribution is 6.30. The van der Waals surface area contributed by atoms with Crippen LogP contribution in [0.5, 0.6) is 0 Å². The maximum Gasteiger partial charge on any atom is 0.408 e. The van der Waals surface area contributed by atoms with Crippen molar-refractivity contribution >= 4 is 58.2 Å². The largest absolute Gasteiger partial charge is 0.444 e. The van der Waals surface area contributed by atoms with Crippen molar-refractivity contribution in [2.75, 3.05) is 96.5 Å². The molecular formula is C58H78ClN11O7. The number of aromatic nitrogens is 3. The molecular weight excluding hydrogens is 998 g/mol. The van der Waals surface area contributed by atoms with Crippen LogP contribution in [0.15, 0.2) is 67.1 Å². The minimum absolute atomic E-state index is 0.0718. The molecule has 0 radical (unpaired) electrons. The molecule has 5 aliphatic heterocycles. The number of piperazine rings is 1. The summed E-state index contributed by atoms with van der Waals surface area (Å²) in [5, 5.41) is 7.85. The van der Waals surface area contributed by atoms with E-state index in [1.165, 1.54) is 6.33 Å². The van der Waals surface area contributed by atoms with Gasteiger partial charge in [-0.25, -0.2) is 14.8 Å². The standard InChI is InChI=1S/C58H78ClN11O7/c1-57(2,3)77-56(75)64-58(21-30-68(31-22-58)52-48-15-23-60-51(48)61-39-62-52)55(74)63-49(40-11-13-45(59)14-12-40)20-27-65-32-34-67(35-33-65)50(71)38-66-25-16-46(17-26-66)76-47-18-28-69(29-19-47)54(73)43-7-4-6-42(36-43)44-8-5-24-70(37-44)53(72)41-9-10-41/h4,6-7,11-15,23,36,39,41,44,46-47,49H,5,8-10,16-22,24-35,37-38H2,1-3H3,(H,63,74)(H,64,75)(H,60,61,62)/t44?,49-/m0/s1. The number of amides is 5. The molecule has 18 nitrogen and oxygen atoms in total. The van der Waals surface area contributed by atoms with E-state index >= 15 is 0 Å². The molecule has 19 heteroatoms. The molecule has 6 aliphatic rings. The molecule has 414 valence electrons. The fourth-order valence-electron chi connectivity index (χ4n) is 12.1. The van der Waals surface area contributed by atoms with Gasteiger partial charge in [-0.1, -0.05) is 35.9 Å². The molecule has 1 unspecified atom stereocenters. The highest BCUT2D eigenvalue weighted by Gasteiger charge is 2.45. The average molecular weight is 1080 g/mol. The van der Waals surface area contributed by atoms with E-state index in [-0.39, 0.29) is 47.8 Å². The van der Waals surface area contributed by atoms with Crippen molar-refractivity contribution < 1.29 is 33.4 Å². The first-order valence-electron chi connectivity index (χ1n) is 28.3. The molecule has 3 N–H and O–H groups in total. The summed E-state index contributed by atoms with van der Waals surface area (Å²) in [7, 11) is 0. The molecule has 77 heavy (non-hydrogen) atoms. The first kappa shape index (κ1) is 54.5. The second-order valence-electron chi connectivity index (χ2n) is 23.3. The number of hydrogen-bond donors (Lipinski definition) is 3. The van der Waals surface area contributed by atoms with Crippen molar-refractivity contribution in [3.8, 4) is 0 Å². The lowest BCUT2D eigenvalue weighted by Crippen LogP contribution is -2.64. The lowest BCUT2D eigenvalue weighted by atomic mass is 9.85. The normalized spacial score (nSPS) is 21.7. The molecule has 5 saturated heterocycles. The third kappa shape index (κ3) is 13.7. The number of aromatic amines is 1. The summed E-state index contributed by atoms with van der Waals surface area (Å²) in [5.74, 6) is 1.53. The summed E-state index contributed by atoms with van der Waals surface area (Å²) in [5.41, 5.74) is 1.54. The van der Waals surface area contributed by atoms with Gasteiger partial charge in [-0.2, -0.15) is 0 Å². The van der Waals surface area contributed by atoms with Gasteiger partial charge < -0.3 is 44.7 Å². The Kier molecular flexibility index (Phi) is 17.0. The Labute approximate surface area is 457 Å². The van der Waals surface area contributed by atoms with Crippen LogP contribution < -0.4 is 15.5 Å². The summed E-state index contributed by atoms with van der Waals surface area (Å²) in [6.07, 6.45) is 11.7. The molecule has 1 aliphatic carbocycles. The van der Waals surface area contributed by atoms with Gasteiger partial charge in [-0.15, -0.1) is 0 Å². The Morgan fingerprint density at radius 2 is 1.49 bits per heavy atom. The first-order chi connectivity index (χ1) is 37.1. The van der Waals surface area contributed by atoms with Gasteiger partial charge >= 0.3 is 6.09 Å². The third-order valence-electron chi connectivity index (χ3n) is 16.7. The predicted molar refractivity (Wildman–Crippen MR) is 295 cm³/mol. The van der Waals surface area contributed by atoms with Gasteiger partial charge in [0.05, 0.1) is 30.2 Å². The van der Waals surface area contributed by atoms with E-state index in [9.17, 15) is 24.0 Å². The van der Waals surface area contributed by atoms with Crippen LogP contribution in [-0.4, -0.2) is 184 Å². The number of fused-ring (bicyclic) bond motifs is 1.